The van der Waals surface area contributed by atoms with Crippen LogP contribution in [0.15, 0.2) is 0 Å². The van der Waals surface area contributed by atoms with E-state index in [1.165, 1.54) is 0 Å². The lowest BCUT2D eigenvalue weighted by Crippen LogP contribution is -2.63. The van der Waals surface area contributed by atoms with Gasteiger partial charge in [-0.25, -0.2) is 0 Å². The van der Waals surface area contributed by atoms with E-state index in [1.54, 1.807) is 0 Å². The van der Waals surface area contributed by atoms with Gasteiger partial charge >= 0.3 is 0 Å². The largest absolute Gasteiger partial charge is 0.427 e. The highest BCUT2D eigenvalue weighted by atomic mass is 16.7. The van der Waals surface area contributed by atoms with Gasteiger partial charge in [-0.15, -0.1) is 0 Å². The van der Waals surface area contributed by atoms with E-state index in [9.17, 15) is 51.1 Å². The first-order valence-electron chi connectivity index (χ1n) is 14.5. The van der Waals surface area contributed by atoms with Crippen LogP contribution in [0.3, 0.4) is 0 Å². The third-order valence-electron chi connectivity index (χ3n) is 9.43. The summed E-state index contributed by atoms with van der Waals surface area (Å²) in [6, 6.07) is 0. The Hall–Kier alpha value is -0.600. The molecular formula is C26H45O15+. The summed E-state index contributed by atoms with van der Waals surface area (Å²) in [6.07, 6.45) is -16.3. The van der Waals surface area contributed by atoms with Crippen molar-refractivity contribution in [3.8, 4) is 0 Å². The van der Waals surface area contributed by atoms with Crippen LogP contribution in [0.25, 0.3) is 0 Å². The van der Waals surface area contributed by atoms with E-state index in [1.807, 2.05) is 0 Å². The fraction of sp³-hybridized carbons (Fsp3) is 1.00. The quantitative estimate of drug-likeness (QED) is 0.129. The number of hydrogen-bond acceptors (Lipinski definition) is 14. The minimum Gasteiger partial charge on any atom is -0.427 e. The van der Waals surface area contributed by atoms with Crippen molar-refractivity contribution in [3.05, 3.63) is 0 Å². The van der Waals surface area contributed by atoms with Crippen LogP contribution in [0.1, 0.15) is 38.5 Å². The van der Waals surface area contributed by atoms with Gasteiger partial charge in [0.2, 0.25) is 0 Å². The molecule has 11 N–H and O–H groups in total. The fourth-order valence-corrected chi connectivity index (χ4v) is 6.96. The van der Waals surface area contributed by atoms with Crippen molar-refractivity contribution in [3.63, 3.8) is 0 Å². The highest BCUT2D eigenvalue weighted by molar-refractivity contribution is 4.98. The number of ether oxygens (including phenoxy) is 5. The third kappa shape index (κ3) is 6.74. The summed E-state index contributed by atoms with van der Waals surface area (Å²) >= 11 is 0. The summed E-state index contributed by atoms with van der Waals surface area (Å²) in [4.78, 5) is 0. The first-order valence-corrected chi connectivity index (χ1v) is 14.5. The van der Waals surface area contributed by atoms with E-state index in [-0.39, 0.29) is 37.4 Å². The summed E-state index contributed by atoms with van der Waals surface area (Å²) in [5.41, 5.74) is 0. The second-order valence-corrected chi connectivity index (χ2v) is 12.3. The molecule has 0 amide bonds. The lowest BCUT2D eigenvalue weighted by atomic mass is 9.72. The molecule has 5 fully saturated rings. The topological polar surface area (TPSA) is 252 Å². The molecule has 0 aromatic rings. The van der Waals surface area contributed by atoms with Gasteiger partial charge in [0.1, 0.15) is 48.8 Å². The molecule has 3 heterocycles. The monoisotopic (exact) mass is 597 g/mol. The average Bonchev–Trinajstić information content (AvgIpc) is 2.93. The Labute approximate surface area is 236 Å². The van der Waals surface area contributed by atoms with Crippen molar-refractivity contribution >= 4 is 0 Å². The van der Waals surface area contributed by atoms with Crippen LogP contribution in [0, 0.1) is 11.8 Å². The van der Waals surface area contributed by atoms with Gasteiger partial charge in [0.25, 0.3) is 0 Å². The summed E-state index contributed by atoms with van der Waals surface area (Å²) in [5.74, 6) is -0.529. The number of fused-ring (bicyclic) bond motifs is 1. The highest BCUT2D eigenvalue weighted by Gasteiger charge is 2.55. The Kier molecular flexibility index (Phi) is 10.2. The second-order valence-electron chi connectivity index (χ2n) is 12.3. The standard InChI is InChI=1S/C26H44O15/c27-10-4-13(29)11-6-17(24(39-16(11)5-10)9-1-2-12(28)14(30)3-9)40-26-23(36)21(34)20(33)18(41-26)8-38-25-22(35)19(32)15(31)7-37-25/h9-36H,1-8H2/p+1. The summed E-state index contributed by atoms with van der Waals surface area (Å²) in [5, 5.41) is 103. The maximum Gasteiger partial charge on any atom is 0.187 e. The zero-order valence-electron chi connectivity index (χ0n) is 22.6. The number of rotatable bonds is 6. The van der Waals surface area contributed by atoms with E-state index in [0.29, 0.717) is 25.7 Å². The van der Waals surface area contributed by atoms with Gasteiger partial charge in [0, 0.05) is 18.8 Å². The minimum atomic E-state index is -1.69. The first-order chi connectivity index (χ1) is 19.4. The Balaban J connectivity index is 1.29. The van der Waals surface area contributed by atoms with Crippen LogP contribution < -0.4 is 0 Å². The molecule has 18 unspecified atom stereocenters. The second kappa shape index (κ2) is 13.2. The first kappa shape index (κ1) is 31.8. The zero-order chi connectivity index (χ0) is 29.6. The normalized spacial score (nSPS) is 54.9. The molecule has 3 aliphatic heterocycles. The average molecular weight is 598 g/mol. The molecule has 2 saturated carbocycles. The molecule has 18 atom stereocenters. The summed E-state index contributed by atoms with van der Waals surface area (Å²) in [7, 11) is 0. The molecule has 5 rings (SSSR count). The van der Waals surface area contributed by atoms with E-state index >= 15 is 0 Å². The van der Waals surface area contributed by atoms with Crippen molar-refractivity contribution in [2.75, 3.05) is 13.2 Å². The minimum absolute atomic E-state index is 0.191. The van der Waals surface area contributed by atoms with E-state index in [4.69, 9.17) is 23.7 Å². The molecule has 5 aliphatic rings. The van der Waals surface area contributed by atoms with Gasteiger partial charge in [-0.1, -0.05) is 0 Å². The SMILES string of the molecule is OC1CC(O)C2CC(OC3OC(COC4OCC(O)C(O)C4O)C(O)C(O)C3O)C(C3CCC(O)C(O)C3)[OH+]C2C1. The third-order valence-corrected chi connectivity index (χ3v) is 9.43. The van der Waals surface area contributed by atoms with Gasteiger partial charge in [-0.2, -0.15) is 0 Å². The molecule has 41 heavy (non-hydrogen) atoms. The summed E-state index contributed by atoms with van der Waals surface area (Å²) < 4.78 is 27.7. The Morgan fingerprint density at radius 1 is 0.659 bits per heavy atom. The van der Waals surface area contributed by atoms with Crippen molar-refractivity contribution in [2.24, 2.45) is 11.8 Å². The predicted octanol–water partition coefficient (Wildman–Crippen LogP) is -5.04. The molecule has 238 valence electrons. The Bertz CT molecular complexity index is 852. The molecule has 0 aromatic carbocycles. The van der Waals surface area contributed by atoms with Gasteiger partial charge in [0.05, 0.1) is 43.5 Å². The van der Waals surface area contributed by atoms with E-state index in [0.717, 1.165) is 0 Å². The van der Waals surface area contributed by atoms with Crippen LogP contribution in [0.2, 0.25) is 0 Å². The van der Waals surface area contributed by atoms with Gasteiger partial charge in [-0.05, 0) is 25.7 Å². The summed E-state index contributed by atoms with van der Waals surface area (Å²) in [6.45, 7) is -0.726. The fourth-order valence-electron chi connectivity index (χ4n) is 6.96. The van der Waals surface area contributed by atoms with Gasteiger partial charge in [-0.3, -0.25) is 0 Å². The van der Waals surface area contributed by atoms with E-state index < -0.39 is 98.5 Å². The van der Waals surface area contributed by atoms with Crippen molar-refractivity contribution in [1.82, 2.24) is 0 Å². The Morgan fingerprint density at radius 2 is 1.39 bits per heavy atom. The van der Waals surface area contributed by atoms with Gasteiger partial charge < -0.3 is 74.7 Å². The molecule has 15 heteroatoms. The van der Waals surface area contributed by atoms with E-state index in [2.05, 4.69) is 0 Å². The molecule has 0 aromatic heterocycles. The Morgan fingerprint density at radius 3 is 2.12 bits per heavy atom. The van der Waals surface area contributed by atoms with Crippen molar-refractivity contribution in [2.45, 2.75) is 137 Å². The van der Waals surface area contributed by atoms with Crippen molar-refractivity contribution < 1.29 is 74.7 Å². The predicted molar refractivity (Wildman–Crippen MR) is 134 cm³/mol. The molecule has 2 aliphatic carbocycles. The van der Waals surface area contributed by atoms with Crippen LogP contribution >= 0.6 is 0 Å². The number of hydrogen-bond donors (Lipinski definition) is 10. The maximum atomic E-state index is 10.8. The van der Waals surface area contributed by atoms with Crippen LogP contribution in [-0.2, 0) is 18.9 Å². The molecule has 0 bridgehead atoms. The van der Waals surface area contributed by atoms with Crippen LogP contribution in [0.4, 0.5) is 0 Å². The molecule has 3 saturated heterocycles. The van der Waals surface area contributed by atoms with Crippen LogP contribution in [-0.4, -0.2) is 167 Å². The van der Waals surface area contributed by atoms with Crippen molar-refractivity contribution in [1.29, 1.82) is 0 Å². The smallest absolute Gasteiger partial charge is 0.187 e. The van der Waals surface area contributed by atoms with Gasteiger partial charge in [0.15, 0.2) is 24.8 Å². The van der Waals surface area contributed by atoms with Crippen LogP contribution in [0.5, 0.6) is 0 Å². The maximum absolute atomic E-state index is 10.8. The molecule has 0 radical (unpaired) electrons. The zero-order valence-corrected chi connectivity index (χ0v) is 22.6. The molecule has 15 nitrogen and oxygen atoms in total. The lowest BCUT2D eigenvalue weighted by molar-refractivity contribution is -0.361. The number of aliphatic hydroxyl groups excluding tert-OH is 10. The molecule has 0 spiro atoms. The lowest BCUT2D eigenvalue weighted by Gasteiger charge is -2.48. The molecular weight excluding hydrogens is 552 g/mol. The number of aliphatic hydroxyl groups is 12. The highest BCUT2D eigenvalue weighted by Crippen LogP contribution is 2.42.